The SMILES string of the molecule is c1ccc(-c2nc(-c3ccc4ccccc4c3)nc(-c3cc4nc(-c5ccccc5)sc4c4sc5cc6ccccc6cc5c34)n2)cc1. The highest BCUT2D eigenvalue weighted by Crippen LogP contribution is 2.47. The molecule has 0 spiro atoms. The zero-order chi connectivity index (χ0) is 31.6. The highest BCUT2D eigenvalue weighted by molar-refractivity contribution is 7.32. The fraction of sp³-hybridized carbons (Fsp3) is 0. The summed E-state index contributed by atoms with van der Waals surface area (Å²) in [5, 5.41) is 8.13. The summed E-state index contributed by atoms with van der Waals surface area (Å²) in [7, 11) is 0. The lowest BCUT2D eigenvalue weighted by molar-refractivity contribution is 1.08. The summed E-state index contributed by atoms with van der Waals surface area (Å²) in [6, 6.07) is 50.8. The number of aromatic nitrogens is 4. The van der Waals surface area contributed by atoms with Gasteiger partial charge in [-0.3, -0.25) is 0 Å². The van der Waals surface area contributed by atoms with Crippen molar-refractivity contribution >= 4 is 74.6 Å². The van der Waals surface area contributed by atoms with Crippen LogP contribution >= 0.6 is 22.7 Å². The van der Waals surface area contributed by atoms with E-state index in [4.69, 9.17) is 19.9 Å². The van der Waals surface area contributed by atoms with E-state index in [0.29, 0.717) is 17.5 Å². The van der Waals surface area contributed by atoms with E-state index in [9.17, 15) is 0 Å². The van der Waals surface area contributed by atoms with Crippen LogP contribution in [0.3, 0.4) is 0 Å². The molecular formula is C42H24N4S2. The summed E-state index contributed by atoms with van der Waals surface area (Å²) in [6.45, 7) is 0. The summed E-state index contributed by atoms with van der Waals surface area (Å²) in [4.78, 5) is 20.7. The van der Waals surface area contributed by atoms with Crippen LogP contribution in [0.1, 0.15) is 0 Å². The smallest absolute Gasteiger partial charge is 0.164 e. The first-order valence-electron chi connectivity index (χ1n) is 15.8. The van der Waals surface area contributed by atoms with E-state index in [2.05, 4.69) is 121 Å². The quantitative estimate of drug-likeness (QED) is 0.191. The second kappa shape index (κ2) is 10.9. The van der Waals surface area contributed by atoms with Crippen LogP contribution < -0.4 is 0 Å². The number of benzene rings is 7. The molecule has 0 unspecified atom stereocenters. The molecule has 0 aliphatic rings. The lowest BCUT2D eigenvalue weighted by Crippen LogP contribution is -2.00. The van der Waals surface area contributed by atoms with Gasteiger partial charge in [0.05, 0.1) is 14.9 Å². The van der Waals surface area contributed by atoms with Gasteiger partial charge in [0.1, 0.15) is 5.01 Å². The van der Waals surface area contributed by atoms with Crippen LogP contribution in [0.15, 0.2) is 146 Å². The Balaban J connectivity index is 1.30. The molecule has 3 heterocycles. The molecule has 0 bridgehead atoms. The predicted molar refractivity (Wildman–Crippen MR) is 203 cm³/mol. The van der Waals surface area contributed by atoms with Gasteiger partial charge in [-0.2, -0.15) is 0 Å². The minimum absolute atomic E-state index is 0.640. The van der Waals surface area contributed by atoms with E-state index in [1.54, 1.807) is 11.3 Å². The van der Waals surface area contributed by atoms with Crippen LogP contribution in [-0.2, 0) is 0 Å². The van der Waals surface area contributed by atoms with E-state index < -0.39 is 0 Å². The summed E-state index contributed by atoms with van der Waals surface area (Å²) in [5.41, 5.74) is 4.93. The zero-order valence-electron chi connectivity index (χ0n) is 25.5. The number of thiophene rings is 1. The Labute approximate surface area is 283 Å². The van der Waals surface area contributed by atoms with Gasteiger partial charge in [-0.15, -0.1) is 22.7 Å². The van der Waals surface area contributed by atoms with Gasteiger partial charge in [-0.25, -0.2) is 19.9 Å². The molecule has 10 aromatic rings. The van der Waals surface area contributed by atoms with Crippen molar-refractivity contribution in [1.29, 1.82) is 0 Å². The normalized spacial score (nSPS) is 11.8. The maximum absolute atomic E-state index is 5.23. The van der Waals surface area contributed by atoms with Crippen LogP contribution in [0.2, 0.25) is 0 Å². The highest BCUT2D eigenvalue weighted by Gasteiger charge is 2.22. The highest BCUT2D eigenvalue weighted by atomic mass is 32.1. The molecule has 0 radical (unpaired) electrons. The van der Waals surface area contributed by atoms with E-state index in [-0.39, 0.29) is 0 Å². The molecule has 48 heavy (non-hydrogen) atoms. The molecule has 0 aliphatic heterocycles. The van der Waals surface area contributed by atoms with Crippen molar-refractivity contribution in [2.75, 3.05) is 0 Å². The van der Waals surface area contributed by atoms with Gasteiger partial charge < -0.3 is 0 Å². The first-order chi connectivity index (χ1) is 23.7. The second-order valence-electron chi connectivity index (χ2n) is 11.9. The predicted octanol–water partition coefficient (Wildman–Crippen LogP) is 11.8. The maximum atomic E-state index is 5.23. The number of nitrogens with zero attached hydrogens (tertiary/aromatic N) is 4. The van der Waals surface area contributed by atoms with Gasteiger partial charge in [-0.1, -0.05) is 121 Å². The number of thiazole rings is 1. The fourth-order valence-corrected chi connectivity index (χ4v) is 9.00. The lowest BCUT2D eigenvalue weighted by Gasteiger charge is -2.10. The first-order valence-corrected chi connectivity index (χ1v) is 17.4. The molecule has 0 amide bonds. The van der Waals surface area contributed by atoms with E-state index >= 15 is 0 Å². The molecule has 0 saturated carbocycles. The third-order valence-corrected chi connectivity index (χ3v) is 11.3. The van der Waals surface area contributed by atoms with Gasteiger partial charge in [0.25, 0.3) is 0 Å². The molecule has 6 heteroatoms. The molecule has 0 fully saturated rings. The third-order valence-electron chi connectivity index (χ3n) is 8.90. The molecule has 3 aromatic heterocycles. The van der Waals surface area contributed by atoms with E-state index in [0.717, 1.165) is 43.6 Å². The van der Waals surface area contributed by atoms with Gasteiger partial charge in [0.2, 0.25) is 0 Å². The molecule has 7 aromatic carbocycles. The van der Waals surface area contributed by atoms with Gasteiger partial charge in [-0.05, 0) is 45.8 Å². The molecule has 0 saturated heterocycles. The van der Waals surface area contributed by atoms with E-state index in [1.807, 2.05) is 35.6 Å². The van der Waals surface area contributed by atoms with Gasteiger partial charge in [0, 0.05) is 37.7 Å². The average molecular weight is 649 g/mol. The van der Waals surface area contributed by atoms with Gasteiger partial charge >= 0.3 is 0 Å². The van der Waals surface area contributed by atoms with Crippen LogP contribution in [0.4, 0.5) is 0 Å². The van der Waals surface area contributed by atoms with Crippen LogP contribution in [-0.4, -0.2) is 19.9 Å². The Morgan fingerprint density at radius 1 is 0.396 bits per heavy atom. The number of fused-ring (bicyclic) bond motifs is 7. The average Bonchev–Trinajstić information content (AvgIpc) is 3.76. The Hall–Kier alpha value is -5.82. The van der Waals surface area contributed by atoms with Crippen molar-refractivity contribution in [3.63, 3.8) is 0 Å². The second-order valence-corrected chi connectivity index (χ2v) is 13.9. The standard InChI is InChI=1S/C42H24N4S2/c1-3-12-26(13-4-1)39-44-40(31-20-19-25-11-7-8-16-28(25)21-31)46-41(45-39)33-24-34-37(48-42(43-34)27-14-5-2-6-15-27)38-36(33)32-22-29-17-9-10-18-30(29)23-35(32)47-38/h1-24H. The Bertz CT molecular complexity index is 2840. The van der Waals surface area contributed by atoms with Crippen molar-refractivity contribution < 1.29 is 0 Å². The van der Waals surface area contributed by atoms with Crippen molar-refractivity contribution in [1.82, 2.24) is 19.9 Å². The Kier molecular flexibility index (Phi) is 6.19. The minimum atomic E-state index is 0.640. The molecule has 224 valence electrons. The largest absolute Gasteiger partial charge is 0.236 e. The van der Waals surface area contributed by atoms with Gasteiger partial charge in [0.15, 0.2) is 17.5 Å². The van der Waals surface area contributed by atoms with Crippen molar-refractivity contribution in [2.24, 2.45) is 0 Å². The molecule has 10 rings (SSSR count). The number of hydrogen-bond donors (Lipinski definition) is 0. The van der Waals surface area contributed by atoms with Crippen molar-refractivity contribution in [2.45, 2.75) is 0 Å². The summed E-state index contributed by atoms with van der Waals surface area (Å²) >= 11 is 3.58. The fourth-order valence-electron chi connectivity index (χ4n) is 6.56. The summed E-state index contributed by atoms with van der Waals surface area (Å²) in [6.07, 6.45) is 0. The Morgan fingerprint density at radius 3 is 1.75 bits per heavy atom. The third kappa shape index (κ3) is 4.49. The maximum Gasteiger partial charge on any atom is 0.164 e. The minimum Gasteiger partial charge on any atom is -0.236 e. The molecular weight excluding hydrogens is 625 g/mol. The lowest BCUT2D eigenvalue weighted by atomic mass is 10.0. The monoisotopic (exact) mass is 648 g/mol. The summed E-state index contributed by atoms with van der Waals surface area (Å²) in [5.74, 6) is 1.93. The van der Waals surface area contributed by atoms with Crippen LogP contribution in [0.5, 0.6) is 0 Å². The molecule has 0 atom stereocenters. The molecule has 0 aliphatic carbocycles. The zero-order valence-corrected chi connectivity index (χ0v) is 27.1. The topological polar surface area (TPSA) is 51.6 Å². The first kappa shape index (κ1) is 27.3. The molecule has 4 nitrogen and oxygen atoms in total. The number of rotatable bonds is 4. The van der Waals surface area contributed by atoms with E-state index in [1.165, 1.54) is 35.6 Å². The van der Waals surface area contributed by atoms with Crippen LogP contribution in [0.25, 0.3) is 96.7 Å². The van der Waals surface area contributed by atoms with Crippen LogP contribution in [0, 0.1) is 0 Å². The molecule has 0 N–H and O–H groups in total. The van der Waals surface area contributed by atoms with Crippen molar-refractivity contribution in [3.05, 3.63) is 146 Å². The number of hydrogen-bond acceptors (Lipinski definition) is 6. The van der Waals surface area contributed by atoms with Crippen molar-refractivity contribution in [3.8, 4) is 44.7 Å². The summed E-state index contributed by atoms with van der Waals surface area (Å²) < 4.78 is 3.63. The Morgan fingerprint density at radius 2 is 1.00 bits per heavy atom.